The van der Waals surface area contributed by atoms with Crippen molar-refractivity contribution in [3.63, 3.8) is 0 Å². The van der Waals surface area contributed by atoms with Gasteiger partial charge in [0.2, 0.25) is 0 Å². The zero-order chi connectivity index (χ0) is 24.2. The van der Waals surface area contributed by atoms with E-state index < -0.39 is 22.9 Å². The Balaban J connectivity index is 1.60. The van der Waals surface area contributed by atoms with Crippen molar-refractivity contribution >= 4 is 33.6 Å². The minimum Gasteiger partial charge on any atom is -0.423 e. The van der Waals surface area contributed by atoms with Gasteiger partial charge in [0, 0.05) is 16.5 Å². The molecule has 0 atom stereocenters. The molecule has 172 valence electrons. The highest BCUT2D eigenvalue weighted by Crippen LogP contribution is 2.30. The Morgan fingerprint density at radius 2 is 1.88 bits per heavy atom. The van der Waals surface area contributed by atoms with Crippen LogP contribution in [0.4, 0.5) is 13.2 Å². The molecule has 0 spiro atoms. The summed E-state index contributed by atoms with van der Waals surface area (Å²) in [5.74, 6) is 0. The summed E-state index contributed by atoms with van der Waals surface area (Å²) >= 11 is 6.23. The summed E-state index contributed by atoms with van der Waals surface area (Å²) in [6.45, 7) is 1.77. The molecule has 5 aromatic rings. The van der Waals surface area contributed by atoms with Gasteiger partial charge >= 0.3 is 11.8 Å². The van der Waals surface area contributed by atoms with Crippen molar-refractivity contribution in [1.29, 1.82) is 0 Å². The highest BCUT2D eigenvalue weighted by Gasteiger charge is 2.30. The summed E-state index contributed by atoms with van der Waals surface area (Å²) in [5.41, 5.74) is -0.0951. The average Bonchev–Trinajstić information content (AvgIpc) is 3.21. The van der Waals surface area contributed by atoms with Crippen LogP contribution in [0.15, 0.2) is 69.0 Å². The van der Waals surface area contributed by atoms with Crippen LogP contribution in [0.1, 0.15) is 16.7 Å². The zero-order valence-electron chi connectivity index (χ0n) is 17.4. The van der Waals surface area contributed by atoms with Crippen LogP contribution in [0, 0.1) is 6.92 Å². The molecule has 3 heterocycles. The Kier molecular flexibility index (Phi) is 5.05. The van der Waals surface area contributed by atoms with Crippen molar-refractivity contribution < 1.29 is 17.6 Å². The number of hydrogen-bond donors (Lipinski definition) is 0. The second kappa shape index (κ2) is 7.84. The summed E-state index contributed by atoms with van der Waals surface area (Å²) in [6.07, 6.45) is -2.02. The maximum atomic E-state index is 13.1. The van der Waals surface area contributed by atoms with Crippen LogP contribution in [0.3, 0.4) is 0 Å². The van der Waals surface area contributed by atoms with E-state index >= 15 is 0 Å². The van der Waals surface area contributed by atoms with Gasteiger partial charge in [-0.15, -0.1) is 0 Å². The minimum absolute atomic E-state index is 0.00198. The lowest BCUT2D eigenvalue weighted by molar-refractivity contribution is -0.137. The lowest BCUT2D eigenvalue weighted by Crippen LogP contribution is -2.21. The molecule has 0 radical (unpaired) electrons. The van der Waals surface area contributed by atoms with Gasteiger partial charge < -0.3 is 4.42 Å². The first kappa shape index (κ1) is 21.9. The minimum atomic E-state index is -4.52. The first-order valence-corrected chi connectivity index (χ1v) is 10.3. The number of fused-ring (bicyclic) bond motifs is 2. The quantitative estimate of drug-likeness (QED) is 0.345. The average molecular weight is 487 g/mol. The van der Waals surface area contributed by atoms with E-state index in [1.165, 1.54) is 40.0 Å². The molecule has 11 heteroatoms. The number of aryl methyl sites for hydroxylation is 1. The predicted molar refractivity (Wildman–Crippen MR) is 119 cm³/mol. The van der Waals surface area contributed by atoms with Crippen molar-refractivity contribution in [3.05, 3.63) is 97.5 Å². The number of rotatable bonds is 3. The summed E-state index contributed by atoms with van der Waals surface area (Å²) < 4.78 is 47.0. The first-order valence-electron chi connectivity index (χ1n) is 9.95. The molecule has 3 aromatic heterocycles. The van der Waals surface area contributed by atoms with E-state index in [4.69, 9.17) is 16.0 Å². The van der Waals surface area contributed by atoms with Crippen LogP contribution in [0.5, 0.6) is 0 Å². The van der Waals surface area contributed by atoms with Crippen molar-refractivity contribution in [2.45, 2.75) is 19.6 Å². The zero-order valence-corrected chi connectivity index (χ0v) is 18.2. The molecule has 0 aliphatic carbocycles. The van der Waals surface area contributed by atoms with Crippen LogP contribution < -0.4 is 11.2 Å². The third kappa shape index (κ3) is 3.75. The molecule has 0 saturated heterocycles. The Morgan fingerprint density at radius 3 is 2.65 bits per heavy atom. The molecule has 0 aliphatic rings. The van der Waals surface area contributed by atoms with Crippen LogP contribution in [0.2, 0.25) is 5.02 Å². The normalized spacial score (nSPS) is 12.0. The summed E-state index contributed by atoms with van der Waals surface area (Å²) in [7, 11) is 0. The molecule has 5 rings (SSSR count). The lowest BCUT2D eigenvalue weighted by Gasteiger charge is -2.10. The second-order valence-corrected chi connectivity index (χ2v) is 8.11. The fourth-order valence-electron chi connectivity index (χ4n) is 3.73. The van der Waals surface area contributed by atoms with E-state index in [1.807, 2.05) is 0 Å². The van der Waals surface area contributed by atoms with Gasteiger partial charge in [-0.2, -0.15) is 18.3 Å². The van der Waals surface area contributed by atoms with Crippen LogP contribution in [0.25, 0.3) is 27.7 Å². The largest absolute Gasteiger partial charge is 0.423 e. The lowest BCUT2D eigenvalue weighted by atomic mass is 10.1. The van der Waals surface area contributed by atoms with Gasteiger partial charge in [-0.3, -0.25) is 9.36 Å². The van der Waals surface area contributed by atoms with Crippen LogP contribution in [-0.2, 0) is 12.7 Å². The predicted octanol–water partition coefficient (Wildman–Crippen LogP) is 4.72. The van der Waals surface area contributed by atoms with E-state index in [0.717, 1.165) is 17.7 Å². The van der Waals surface area contributed by atoms with Gasteiger partial charge in [-0.25, -0.2) is 14.5 Å². The number of benzene rings is 2. The SMILES string of the molecule is Cc1cc2oc(=O)cc(Cn3cnc4c(cnn4-c4cccc(C(F)(F)F)c4)c3=O)c2cc1Cl. The Hall–Kier alpha value is -3.92. The molecule has 0 amide bonds. The number of alkyl halides is 3. The standard InChI is InChI=1S/C23H14ClF3N4O3/c1-12-5-19-16(8-18(12)24)13(6-20(32)34-19)10-30-11-28-21-17(22(30)33)9-29-31(21)15-4-2-3-14(7-15)23(25,26)27/h2-9,11H,10H2,1H3. The highest BCUT2D eigenvalue weighted by molar-refractivity contribution is 6.32. The molecule has 2 aromatic carbocycles. The van der Waals surface area contributed by atoms with Crippen molar-refractivity contribution in [2.24, 2.45) is 0 Å². The fraction of sp³-hybridized carbons (Fsp3) is 0.130. The van der Waals surface area contributed by atoms with E-state index in [9.17, 15) is 22.8 Å². The van der Waals surface area contributed by atoms with Gasteiger partial charge in [-0.1, -0.05) is 17.7 Å². The molecule has 0 aliphatic heterocycles. The summed E-state index contributed by atoms with van der Waals surface area (Å²) in [5, 5.41) is 5.24. The van der Waals surface area contributed by atoms with Gasteiger partial charge in [0.1, 0.15) is 17.3 Å². The van der Waals surface area contributed by atoms with Gasteiger partial charge in [-0.05, 0) is 48.4 Å². The highest BCUT2D eigenvalue weighted by atomic mass is 35.5. The smallest absolute Gasteiger partial charge is 0.416 e. The Labute approximate surface area is 193 Å². The summed E-state index contributed by atoms with van der Waals surface area (Å²) in [4.78, 5) is 29.4. The monoisotopic (exact) mass is 486 g/mol. The van der Waals surface area contributed by atoms with Crippen LogP contribution >= 0.6 is 11.6 Å². The number of halogens is 4. The van der Waals surface area contributed by atoms with E-state index in [0.29, 0.717) is 21.6 Å². The van der Waals surface area contributed by atoms with Crippen molar-refractivity contribution in [2.75, 3.05) is 0 Å². The van der Waals surface area contributed by atoms with E-state index in [-0.39, 0.29) is 23.3 Å². The van der Waals surface area contributed by atoms with Gasteiger partial charge in [0.05, 0.1) is 24.0 Å². The number of hydrogen-bond acceptors (Lipinski definition) is 5. The molecule has 0 bridgehead atoms. The molecule has 0 fully saturated rings. The fourth-order valence-corrected chi connectivity index (χ4v) is 3.89. The molecular formula is C23H14ClF3N4O3. The molecule has 34 heavy (non-hydrogen) atoms. The van der Waals surface area contributed by atoms with Crippen molar-refractivity contribution in [1.82, 2.24) is 19.3 Å². The molecule has 0 N–H and O–H groups in total. The maximum absolute atomic E-state index is 13.1. The number of nitrogens with zero attached hydrogens (tertiary/aromatic N) is 4. The molecule has 7 nitrogen and oxygen atoms in total. The molecule has 0 saturated carbocycles. The Morgan fingerprint density at radius 1 is 1.09 bits per heavy atom. The third-order valence-corrected chi connectivity index (χ3v) is 5.83. The first-order chi connectivity index (χ1) is 16.1. The number of aromatic nitrogens is 4. The Bertz CT molecular complexity index is 1700. The maximum Gasteiger partial charge on any atom is 0.416 e. The third-order valence-electron chi connectivity index (χ3n) is 5.42. The van der Waals surface area contributed by atoms with Gasteiger partial charge in [0.25, 0.3) is 5.56 Å². The molecule has 0 unspecified atom stereocenters. The topological polar surface area (TPSA) is 82.9 Å². The van der Waals surface area contributed by atoms with E-state index in [2.05, 4.69) is 10.1 Å². The van der Waals surface area contributed by atoms with E-state index in [1.54, 1.807) is 19.1 Å². The molecular weight excluding hydrogens is 473 g/mol. The van der Waals surface area contributed by atoms with Gasteiger partial charge in [0.15, 0.2) is 5.65 Å². The van der Waals surface area contributed by atoms with Crippen LogP contribution in [-0.4, -0.2) is 19.3 Å². The second-order valence-electron chi connectivity index (χ2n) is 7.71. The van der Waals surface area contributed by atoms with Crippen molar-refractivity contribution in [3.8, 4) is 5.69 Å². The summed E-state index contributed by atoms with van der Waals surface area (Å²) in [6, 6.07) is 9.16.